The molecule has 0 aromatic carbocycles. The molecular formula is C9H14IN3O. The first-order valence-electron chi connectivity index (χ1n) is 4.42. The Morgan fingerprint density at radius 2 is 2.43 bits per heavy atom. The van der Waals surface area contributed by atoms with Crippen LogP contribution in [0.1, 0.15) is 13.8 Å². The Kier molecular flexibility index (Phi) is 4.78. The van der Waals surface area contributed by atoms with Gasteiger partial charge >= 0.3 is 0 Å². The van der Waals surface area contributed by atoms with Crippen molar-refractivity contribution < 1.29 is 4.79 Å². The van der Waals surface area contributed by atoms with E-state index < -0.39 is 0 Å². The quantitative estimate of drug-likeness (QED) is 0.776. The molecule has 0 aromatic rings. The van der Waals surface area contributed by atoms with E-state index in [4.69, 9.17) is 0 Å². The molecule has 1 aliphatic heterocycles. The maximum Gasteiger partial charge on any atom is 0.239 e. The molecule has 1 heterocycles. The first-order chi connectivity index (χ1) is 6.68. The molecular weight excluding hydrogens is 293 g/mol. The van der Waals surface area contributed by atoms with E-state index in [0.29, 0.717) is 6.54 Å². The zero-order chi connectivity index (χ0) is 10.4. The number of halogens is 1. The lowest BCUT2D eigenvalue weighted by molar-refractivity contribution is -0.120. The van der Waals surface area contributed by atoms with Crippen LogP contribution in [0.25, 0.3) is 0 Å². The fraction of sp³-hybridized carbons (Fsp3) is 0.444. The summed E-state index contributed by atoms with van der Waals surface area (Å²) in [6.07, 6.45) is 3.86. The molecule has 0 bridgehead atoms. The third kappa shape index (κ3) is 4.50. The van der Waals surface area contributed by atoms with Gasteiger partial charge < -0.3 is 10.6 Å². The predicted molar refractivity (Wildman–Crippen MR) is 65.0 cm³/mol. The molecule has 1 rings (SSSR count). The van der Waals surface area contributed by atoms with E-state index in [1.165, 1.54) is 0 Å². The van der Waals surface area contributed by atoms with Crippen LogP contribution in [0.3, 0.4) is 0 Å². The van der Waals surface area contributed by atoms with Gasteiger partial charge in [0.15, 0.2) is 0 Å². The molecule has 0 saturated heterocycles. The number of rotatable bonds is 4. The molecule has 0 saturated carbocycles. The summed E-state index contributed by atoms with van der Waals surface area (Å²) in [5.41, 5.74) is 0. The zero-order valence-corrected chi connectivity index (χ0v) is 10.4. The Morgan fingerprint density at radius 3 is 3.00 bits per heavy atom. The number of hydrogen-bond donors (Lipinski definition) is 2. The second-order valence-electron chi connectivity index (χ2n) is 3.13. The van der Waals surface area contributed by atoms with Gasteiger partial charge in [-0.05, 0) is 24.0 Å². The van der Waals surface area contributed by atoms with Crippen molar-refractivity contribution in [3.8, 4) is 0 Å². The molecule has 0 fully saturated rings. The predicted octanol–water partition coefficient (Wildman–Crippen LogP) is 1.62. The first-order valence-corrected chi connectivity index (χ1v) is 6.63. The Balaban J connectivity index is 2.27. The average Bonchev–Trinajstić information content (AvgIpc) is 2.15. The van der Waals surface area contributed by atoms with E-state index in [1.807, 2.05) is 26.0 Å². The minimum absolute atomic E-state index is 0.00357. The highest BCUT2D eigenvalue weighted by Gasteiger charge is 2.03. The van der Waals surface area contributed by atoms with Crippen LogP contribution in [-0.2, 0) is 4.79 Å². The molecule has 0 radical (unpaired) electrons. The smallest absolute Gasteiger partial charge is 0.239 e. The number of allylic oxidation sites excluding steroid dienone is 2. The van der Waals surface area contributed by atoms with Crippen molar-refractivity contribution in [2.24, 2.45) is 3.15 Å². The van der Waals surface area contributed by atoms with Crippen LogP contribution < -0.4 is 10.6 Å². The highest BCUT2D eigenvalue weighted by Crippen LogP contribution is 2.12. The van der Waals surface area contributed by atoms with Gasteiger partial charge in [-0.3, -0.25) is 4.79 Å². The SMILES string of the molecule is CC(C)NC(=O)CNC1=CC=CI=N1. The molecule has 0 aromatic heterocycles. The topological polar surface area (TPSA) is 53.5 Å². The van der Waals surface area contributed by atoms with Crippen molar-refractivity contribution in [3.05, 3.63) is 22.1 Å². The molecule has 2 N–H and O–H groups in total. The highest BCUT2D eigenvalue weighted by molar-refractivity contribution is 14.2. The van der Waals surface area contributed by atoms with Crippen molar-refractivity contribution in [1.29, 1.82) is 0 Å². The van der Waals surface area contributed by atoms with E-state index >= 15 is 0 Å². The third-order valence-electron chi connectivity index (χ3n) is 1.40. The maximum absolute atomic E-state index is 11.2. The van der Waals surface area contributed by atoms with E-state index in [0.717, 1.165) is 5.82 Å². The standard InChI is InChI=1S/C9H14IN3O/c1-7(2)12-9(14)6-11-8-4-3-5-10-13-8/h3-5,7H,6H2,1-2H3,(H,11,13)(H,12,14). The molecule has 1 aliphatic rings. The lowest BCUT2D eigenvalue weighted by Crippen LogP contribution is -2.37. The van der Waals surface area contributed by atoms with Crippen LogP contribution in [-0.4, -0.2) is 18.5 Å². The van der Waals surface area contributed by atoms with Crippen molar-refractivity contribution >= 4 is 26.9 Å². The summed E-state index contributed by atoms with van der Waals surface area (Å²) in [5.74, 6) is 0.822. The normalized spacial score (nSPS) is 14.6. The number of nitrogens with zero attached hydrogens (tertiary/aromatic N) is 1. The van der Waals surface area contributed by atoms with Gasteiger partial charge in [-0.1, -0.05) is 6.08 Å². The monoisotopic (exact) mass is 307 g/mol. The zero-order valence-electron chi connectivity index (χ0n) is 8.25. The second kappa shape index (κ2) is 5.90. The molecule has 1 amide bonds. The summed E-state index contributed by atoms with van der Waals surface area (Å²) < 4.78 is 6.34. The van der Waals surface area contributed by atoms with Crippen molar-refractivity contribution in [1.82, 2.24) is 10.6 Å². The highest BCUT2D eigenvalue weighted by atomic mass is 127. The van der Waals surface area contributed by atoms with Gasteiger partial charge in [0, 0.05) is 27.1 Å². The van der Waals surface area contributed by atoms with Gasteiger partial charge in [-0.25, -0.2) is 3.15 Å². The first kappa shape index (κ1) is 11.4. The molecule has 5 heteroatoms. The summed E-state index contributed by atoms with van der Waals surface area (Å²) in [7, 11) is 0. The van der Waals surface area contributed by atoms with Gasteiger partial charge in [0.1, 0.15) is 5.82 Å². The minimum atomic E-state index is -0.193. The molecule has 78 valence electrons. The summed E-state index contributed by atoms with van der Waals surface area (Å²) in [6, 6.07) is 0.189. The maximum atomic E-state index is 11.2. The third-order valence-corrected chi connectivity index (χ3v) is 2.94. The van der Waals surface area contributed by atoms with Gasteiger partial charge in [-0.2, -0.15) is 0 Å². The number of nitrogens with one attached hydrogen (secondary N) is 2. The number of carbonyl (C=O) groups excluding carboxylic acids is 1. The fourth-order valence-electron chi connectivity index (χ4n) is 0.902. The van der Waals surface area contributed by atoms with Crippen molar-refractivity contribution in [2.45, 2.75) is 19.9 Å². The largest absolute Gasteiger partial charge is 0.361 e. The van der Waals surface area contributed by atoms with E-state index in [-0.39, 0.29) is 33.0 Å². The van der Waals surface area contributed by atoms with Crippen LogP contribution in [0.2, 0.25) is 0 Å². The summed E-state index contributed by atoms with van der Waals surface area (Å²) in [5, 5.41) is 5.79. The summed E-state index contributed by atoms with van der Waals surface area (Å²) in [4.78, 5) is 11.2. The minimum Gasteiger partial charge on any atom is -0.361 e. The van der Waals surface area contributed by atoms with Crippen LogP contribution in [0.15, 0.2) is 25.2 Å². The second-order valence-corrected chi connectivity index (χ2v) is 4.89. The molecule has 0 aliphatic carbocycles. The Labute approximate surface area is 94.0 Å². The average molecular weight is 307 g/mol. The van der Waals surface area contributed by atoms with Crippen LogP contribution >= 0.6 is 21.0 Å². The fourth-order valence-corrected chi connectivity index (χ4v) is 2.09. The van der Waals surface area contributed by atoms with Crippen molar-refractivity contribution in [3.63, 3.8) is 0 Å². The van der Waals surface area contributed by atoms with Gasteiger partial charge in [0.05, 0.1) is 6.54 Å². The number of hydrogen-bond acceptors (Lipinski definition) is 3. The Hall–Kier alpha value is -0.720. The summed E-state index contributed by atoms with van der Waals surface area (Å²) >= 11 is -0.193. The molecule has 0 spiro atoms. The Morgan fingerprint density at radius 1 is 1.64 bits per heavy atom. The van der Waals surface area contributed by atoms with Crippen LogP contribution in [0.5, 0.6) is 0 Å². The molecule has 4 nitrogen and oxygen atoms in total. The summed E-state index contributed by atoms with van der Waals surface area (Å²) in [6.45, 7) is 4.18. The van der Waals surface area contributed by atoms with E-state index in [1.54, 1.807) is 0 Å². The van der Waals surface area contributed by atoms with E-state index in [9.17, 15) is 4.79 Å². The van der Waals surface area contributed by atoms with Gasteiger partial charge in [0.2, 0.25) is 5.91 Å². The molecule has 0 atom stereocenters. The molecule has 0 unspecified atom stereocenters. The number of carbonyl (C=O) groups is 1. The van der Waals surface area contributed by atoms with Gasteiger partial charge in [-0.15, -0.1) is 0 Å². The van der Waals surface area contributed by atoms with E-state index in [2.05, 4.69) is 17.9 Å². The van der Waals surface area contributed by atoms with Crippen LogP contribution in [0, 0.1) is 0 Å². The number of amides is 1. The Bertz CT molecular complexity index is 294. The lowest BCUT2D eigenvalue weighted by Gasteiger charge is -2.10. The lowest BCUT2D eigenvalue weighted by atomic mass is 10.4. The van der Waals surface area contributed by atoms with Crippen LogP contribution in [0.4, 0.5) is 0 Å². The molecule has 14 heavy (non-hydrogen) atoms. The van der Waals surface area contributed by atoms with Crippen molar-refractivity contribution in [2.75, 3.05) is 6.54 Å². The van der Waals surface area contributed by atoms with Gasteiger partial charge in [0.25, 0.3) is 0 Å².